The van der Waals surface area contributed by atoms with Gasteiger partial charge in [-0.05, 0) is 6.54 Å². The first-order chi connectivity index (χ1) is 7.24. The fourth-order valence-electron chi connectivity index (χ4n) is 1.57. The second kappa shape index (κ2) is 5.85. The molecule has 1 atom stereocenters. The number of nitrogens with one attached hydrogen (secondary N) is 1. The van der Waals surface area contributed by atoms with Gasteiger partial charge in [0, 0.05) is 33.7 Å². The molecule has 15 heavy (non-hydrogen) atoms. The van der Waals surface area contributed by atoms with Crippen molar-refractivity contribution < 1.29 is 9.47 Å². The van der Waals surface area contributed by atoms with Crippen LogP contribution in [0, 0.1) is 0 Å². The average molecular weight is 213 g/mol. The van der Waals surface area contributed by atoms with E-state index in [2.05, 4.69) is 10.3 Å². The van der Waals surface area contributed by atoms with Gasteiger partial charge in [-0.25, -0.2) is 4.98 Å². The van der Waals surface area contributed by atoms with Gasteiger partial charge in [-0.2, -0.15) is 0 Å². The van der Waals surface area contributed by atoms with E-state index in [4.69, 9.17) is 9.47 Å². The molecular weight excluding hydrogens is 194 g/mol. The maximum atomic E-state index is 5.25. The van der Waals surface area contributed by atoms with Gasteiger partial charge in [0.2, 0.25) is 0 Å². The number of rotatable bonds is 6. The summed E-state index contributed by atoms with van der Waals surface area (Å²) in [5.41, 5.74) is 0. The van der Waals surface area contributed by atoms with E-state index in [1.54, 1.807) is 20.4 Å². The highest BCUT2D eigenvalue weighted by Crippen LogP contribution is 2.17. The van der Waals surface area contributed by atoms with Gasteiger partial charge in [-0.15, -0.1) is 0 Å². The summed E-state index contributed by atoms with van der Waals surface area (Å²) in [6.45, 7) is 2.87. The predicted molar refractivity (Wildman–Crippen MR) is 57.4 cm³/mol. The van der Waals surface area contributed by atoms with Crippen LogP contribution in [0.15, 0.2) is 12.4 Å². The van der Waals surface area contributed by atoms with Crippen LogP contribution in [0.2, 0.25) is 0 Å². The normalized spacial score (nSPS) is 13.4. The number of aromatic nitrogens is 2. The fourth-order valence-corrected chi connectivity index (χ4v) is 1.57. The van der Waals surface area contributed by atoms with Crippen molar-refractivity contribution in [2.45, 2.75) is 19.3 Å². The minimum absolute atomic E-state index is 0.0509. The lowest BCUT2D eigenvalue weighted by molar-refractivity contribution is -0.125. The van der Waals surface area contributed by atoms with Gasteiger partial charge in [0.25, 0.3) is 0 Å². The van der Waals surface area contributed by atoms with E-state index >= 15 is 0 Å². The Kier molecular flexibility index (Phi) is 4.74. The SMILES string of the molecule is CCNC(c1nccn1C)C(OC)OC. The Labute approximate surface area is 90.4 Å². The van der Waals surface area contributed by atoms with Crippen LogP contribution in [-0.4, -0.2) is 36.6 Å². The van der Waals surface area contributed by atoms with Crippen LogP contribution in [0.4, 0.5) is 0 Å². The Morgan fingerprint density at radius 1 is 1.47 bits per heavy atom. The summed E-state index contributed by atoms with van der Waals surface area (Å²) in [6.07, 6.45) is 3.34. The third-order valence-corrected chi connectivity index (χ3v) is 2.30. The lowest BCUT2D eigenvalue weighted by Gasteiger charge is -2.24. The second-order valence-electron chi connectivity index (χ2n) is 3.27. The molecule has 0 aliphatic carbocycles. The van der Waals surface area contributed by atoms with E-state index in [9.17, 15) is 0 Å². The largest absolute Gasteiger partial charge is 0.354 e. The minimum atomic E-state index is -0.328. The fraction of sp³-hybridized carbons (Fsp3) is 0.700. The molecule has 0 spiro atoms. The number of ether oxygens (including phenoxy) is 2. The number of hydrogen-bond donors (Lipinski definition) is 1. The van der Waals surface area contributed by atoms with E-state index in [0.29, 0.717) is 0 Å². The van der Waals surface area contributed by atoms with Crippen molar-refractivity contribution in [1.29, 1.82) is 0 Å². The standard InChI is InChI=1S/C10H19N3O2/c1-5-11-8(10(14-3)15-4)9-12-6-7-13(9)2/h6-8,10-11H,5H2,1-4H3. The summed E-state index contributed by atoms with van der Waals surface area (Å²) in [4.78, 5) is 4.29. The number of likely N-dealkylation sites (N-methyl/N-ethyl adjacent to an activating group) is 1. The maximum absolute atomic E-state index is 5.25. The van der Waals surface area contributed by atoms with E-state index in [1.165, 1.54) is 0 Å². The molecule has 1 heterocycles. The molecule has 5 heteroatoms. The van der Waals surface area contributed by atoms with Gasteiger partial charge in [0.05, 0.1) is 0 Å². The zero-order chi connectivity index (χ0) is 11.3. The Morgan fingerprint density at radius 2 is 2.13 bits per heavy atom. The molecule has 5 nitrogen and oxygen atoms in total. The Morgan fingerprint density at radius 3 is 2.53 bits per heavy atom. The van der Waals surface area contributed by atoms with E-state index in [1.807, 2.05) is 24.7 Å². The highest BCUT2D eigenvalue weighted by atomic mass is 16.7. The summed E-state index contributed by atoms with van der Waals surface area (Å²) in [6, 6.07) is -0.0509. The number of hydrogen-bond acceptors (Lipinski definition) is 4. The zero-order valence-electron chi connectivity index (χ0n) is 9.73. The third kappa shape index (κ3) is 2.77. The quantitative estimate of drug-likeness (QED) is 0.706. The summed E-state index contributed by atoms with van der Waals surface area (Å²) in [5, 5.41) is 3.29. The number of aryl methyl sites for hydroxylation is 1. The van der Waals surface area contributed by atoms with Gasteiger partial charge in [-0.1, -0.05) is 6.92 Å². The number of imidazole rings is 1. The van der Waals surface area contributed by atoms with Crippen LogP contribution in [-0.2, 0) is 16.5 Å². The van der Waals surface area contributed by atoms with Crippen molar-refractivity contribution in [3.05, 3.63) is 18.2 Å². The Hall–Kier alpha value is -0.910. The first-order valence-electron chi connectivity index (χ1n) is 5.00. The van der Waals surface area contributed by atoms with Gasteiger partial charge < -0.3 is 19.4 Å². The lowest BCUT2D eigenvalue weighted by Crippen LogP contribution is -2.36. The average Bonchev–Trinajstić information content (AvgIpc) is 2.65. The molecule has 1 N–H and O–H groups in total. The molecule has 0 amide bonds. The van der Waals surface area contributed by atoms with E-state index in [-0.39, 0.29) is 12.3 Å². The number of methoxy groups -OCH3 is 2. The molecule has 0 aliphatic heterocycles. The van der Waals surface area contributed by atoms with Crippen molar-refractivity contribution >= 4 is 0 Å². The molecular formula is C10H19N3O2. The molecule has 0 saturated carbocycles. The van der Waals surface area contributed by atoms with E-state index in [0.717, 1.165) is 12.4 Å². The lowest BCUT2D eigenvalue weighted by atomic mass is 10.2. The minimum Gasteiger partial charge on any atom is -0.354 e. The van der Waals surface area contributed by atoms with E-state index < -0.39 is 0 Å². The molecule has 1 rings (SSSR count). The van der Waals surface area contributed by atoms with Crippen molar-refractivity contribution in [2.24, 2.45) is 7.05 Å². The van der Waals surface area contributed by atoms with Gasteiger partial charge in [0.15, 0.2) is 6.29 Å². The molecule has 1 aromatic heterocycles. The number of nitrogens with zero attached hydrogens (tertiary/aromatic N) is 2. The van der Waals surface area contributed by atoms with Crippen LogP contribution in [0.5, 0.6) is 0 Å². The van der Waals surface area contributed by atoms with Crippen molar-refractivity contribution in [3.8, 4) is 0 Å². The molecule has 86 valence electrons. The summed E-state index contributed by atoms with van der Waals surface area (Å²) >= 11 is 0. The summed E-state index contributed by atoms with van der Waals surface area (Å²) in [7, 11) is 5.21. The topological polar surface area (TPSA) is 48.3 Å². The second-order valence-corrected chi connectivity index (χ2v) is 3.27. The predicted octanol–water partition coefficient (Wildman–Crippen LogP) is 0.690. The van der Waals surface area contributed by atoms with Crippen molar-refractivity contribution in [2.75, 3.05) is 20.8 Å². The maximum Gasteiger partial charge on any atom is 0.179 e. The molecule has 0 aliphatic rings. The molecule has 0 saturated heterocycles. The van der Waals surface area contributed by atoms with Gasteiger partial charge in [0.1, 0.15) is 11.9 Å². The zero-order valence-corrected chi connectivity index (χ0v) is 9.73. The molecule has 0 radical (unpaired) electrons. The van der Waals surface area contributed by atoms with Gasteiger partial charge >= 0.3 is 0 Å². The smallest absolute Gasteiger partial charge is 0.179 e. The monoisotopic (exact) mass is 213 g/mol. The van der Waals surface area contributed by atoms with Crippen LogP contribution in [0.3, 0.4) is 0 Å². The Bertz CT molecular complexity index is 284. The highest BCUT2D eigenvalue weighted by Gasteiger charge is 2.25. The van der Waals surface area contributed by atoms with Crippen LogP contribution in [0.1, 0.15) is 18.8 Å². The molecule has 1 unspecified atom stereocenters. The summed E-state index contributed by atoms with van der Waals surface area (Å²) in [5.74, 6) is 0.908. The van der Waals surface area contributed by atoms with Crippen molar-refractivity contribution in [3.63, 3.8) is 0 Å². The van der Waals surface area contributed by atoms with Crippen molar-refractivity contribution in [1.82, 2.24) is 14.9 Å². The Balaban J connectivity index is 2.86. The first kappa shape index (κ1) is 12.2. The first-order valence-corrected chi connectivity index (χ1v) is 5.00. The molecule has 0 bridgehead atoms. The highest BCUT2D eigenvalue weighted by molar-refractivity contribution is 5.00. The molecule has 1 aromatic rings. The third-order valence-electron chi connectivity index (χ3n) is 2.30. The van der Waals surface area contributed by atoms with Crippen LogP contribution in [0.25, 0.3) is 0 Å². The summed E-state index contributed by atoms with van der Waals surface area (Å²) < 4.78 is 12.5. The van der Waals surface area contributed by atoms with Crippen LogP contribution >= 0.6 is 0 Å². The molecule has 0 fully saturated rings. The molecule has 0 aromatic carbocycles. The van der Waals surface area contributed by atoms with Gasteiger partial charge in [-0.3, -0.25) is 0 Å². The van der Waals surface area contributed by atoms with Crippen LogP contribution < -0.4 is 5.32 Å².